The standard InChI is InChI=1S/C25H30FNO3.ClH/c1-2-3-4-5-13-27-14-12-23(19-6-8-21(26)9-7-19)20(16-27)17-28-22-10-11-24-25(15-22)30-18-29-24;/h2,6-11,15,20,23H,1,3-5,12-14,16-18H2;1H/t20-,23-;/m1./s1. The lowest BCUT2D eigenvalue weighted by molar-refractivity contribution is 0.109. The van der Waals surface area contributed by atoms with Gasteiger partial charge in [0.25, 0.3) is 0 Å². The van der Waals surface area contributed by atoms with Crippen LogP contribution in [0.2, 0.25) is 0 Å². The second-order valence-corrected chi connectivity index (χ2v) is 8.12. The van der Waals surface area contributed by atoms with Crippen LogP contribution in [0.4, 0.5) is 4.39 Å². The van der Waals surface area contributed by atoms with E-state index >= 15 is 0 Å². The van der Waals surface area contributed by atoms with Gasteiger partial charge < -0.3 is 19.1 Å². The van der Waals surface area contributed by atoms with Crippen LogP contribution in [-0.2, 0) is 0 Å². The summed E-state index contributed by atoms with van der Waals surface area (Å²) in [7, 11) is 0. The van der Waals surface area contributed by atoms with E-state index in [1.54, 1.807) is 12.1 Å². The Bertz CT molecular complexity index is 845. The summed E-state index contributed by atoms with van der Waals surface area (Å²) in [4.78, 5) is 2.54. The highest BCUT2D eigenvalue weighted by molar-refractivity contribution is 5.85. The Morgan fingerprint density at radius 2 is 1.90 bits per heavy atom. The number of unbranched alkanes of at least 4 members (excludes halogenated alkanes) is 2. The normalized spacial score (nSPS) is 20.2. The van der Waals surface area contributed by atoms with E-state index in [2.05, 4.69) is 11.5 Å². The first kappa shape index (κ1) is 23.4. The van der Waals surface area contributed by atoms with Crippen LogP contribution in [0.15, 0.2) is 55.1 Å². The molecule has 0 aliphatic carbocycles. The zero-order valence-corrected chi connectivity index (χ0v) is 18.6. The Balaban J connectivity index is 0.00000272. The van der Waals surface area contributed by atoms with E-state index in [0.29, 0.717) is 18.4 Å². The maximum absolute atomic E-state index is 13.4. The van der Waals surface area contributed by atoms with Crippen LogP contribution in [0, 0.1) is 11.7 Å². The van der Waals surface area contributed by atoms with Gasteiger partial charge in [-0.15, -0.1) is 19.0 Å². The summed E-state index contributed by atoms with van der Waals surface area (Å²) < 4.78 is 30.5. The van der Waals surface area contributed by atoms with Crippen molar-refractivity contribution in [1.29, 1.82) is 0 Å². The third-order valence-electron chi connectivity index (χ3n) is 6.06. The molecule has 2 atom stereocenters. The van der Waals surface area contributed by atoms with Gasteiger partial charge in [0, 0.05) is 18.5 Å². The first-order chi connectivity index (χ1) is 14.7. The van der Waals surface area contributed by atoms with Crippen LogP contribution in [0.3, 0.4) is 0 Å². The summed E-state index contributed by atoms with van der Waals surface area (Å²) >= 11 is 0. The molecular formula is C25H31ClFNO3. The van der Waals surface area contributed by atoms with E-state index in [1.165, 1.54) is 18.4 Å². The van der Waals surface area contributed by atoms with Gasteiger partial charge >= 0.3 is 0 Å². The summed E-state index contributed by atoms with van der Waals surface area (Å²) in [5, 5.41) is 0. The summed E-state index contributed by atoms with van der Waals surface area (Å²) in [5.41, 5.74) is 1.20. The Labute approximate surface area is 190 Å². The van der Waals surface area contributed by atoms with Gasteiger partial charge in [0.15, 0.2) is 11.5 Å². The quantitative estimate of drug-likeness (QED) is 0.358. The highest BCUT2D eigenvalue weighted by atomic mass is 35.5. The number of allylic oxidation sites excluding steroid dienone is 1. The third kappa shape index (κ3) is 6.14. The van der Waals surface area contributed by atoms with Crippen molar-refractivity contribution in [1.82, 2.24) is 4.90 Å². The molecule has 2 aliphatic rings. The minimum atomic E-state index is -0.188. The lowest BCUT2D eigenvalue weighted by Gasteiger charge is -2.39. The molecule has 0 saturated carbocycles. The van der Waals surface area contributed by atoms with Crippen molar-refractivity contribution in [2.45, 2.75) is 31.6 Å². The van der Waals surface area contributed by atoms with Crippen molar-refractivity contribution in [2.75, 3.05) is 33.0 Å². The second-order valence-electron chi connectivity index (χ2n) is 8.12. The van der Waals surface area contributed by atoms with E-state index in [9.17, 15) is 4.39 Å². The smallest absolute Gasteiger partial charge is 0.231 e. The van der Waals surface area contributed by atoms with Crippen molar-refractivity contribution in [2.24, 2.45) is 5.92 Å². The van der Waals surface area contributed by atoms with Crippen LogP contribution < -0.4 is 14.2 Å². The number of benzene rings is 2. The van der Waals surface area contributed by atoms with Crippen molar-refractivity contribution in [3.63, 3.8) is 0 Å². The number of hydrogen-bond acceptors (Lipinski definition) is 4. The molecule has 4 rings (SSSR count). The topological polar surface area (TPSA) is 30.9 Å². The minimum absolute atomic E-state index is 0. The Morgan fingerprint density at radius 3 is 2.71 bits per heavy atom. The van der Waals surface area contributed by atoms with Crippen LogP contribution >= 0.6 is 12.4 Å². The average Bonchev–Trinajstić information content (AvgIpc) is 3.24. The number of halogens is 2. The van der Waals surface area contributed by atoms with Gasteiger partial charge in [-0.2, -0.15) is 0 Å². The summed E-state index contributed by atoms with van der Waals surface area (Å²) in [5.74, 6) is 2.80. The number of piperidine rings is 1. The lowest BCUT2D eigenvalue weighted by atomic mass is 9.80. The fourth-order valence-corrected chi connectivity index (χ4v) is 4.42. The molecule has 168 valence electrons. The highest BCUT2D eigenvalue weighted by Crippen LogP contribution is 2.37. The first-order valence-corrected chi connectivity index (χ1v) is 10.8. The summed E-state index contributed by atoms with van der Waals surface area (Å²) in [6.07, 6.45) is 6.48. The Kier molecular flexibility index (Phi) is 8.61. The van der Waals surface area contributed by atoms with Gasteiger partial charge in [-0.25, -0.2) is 4.39 Å². The molecule has 6 heteroatoms. The molecular weight excluding hydrogens is 417 g/mol. The van der Waals surface area contributed by atoms with Gasteiger partial charge in [0.1, 0.15) is 11.6 Å². The molecule has 31 heavy (non-hydrogen) atoms. The number of hydrogen-bond donors (Lipinski definition) is 0. The predicted octanol–water partition coefficient (Wildman–Crippen LogP) is 5.82. The molecule has 0 bridgehead atoms. The summed E-state index contributed by atoms with van der Waals surface area (Å²) in [6.45, 7) is 7.84. The molecule has 2 aliphatic heterocycles. The van der Waals surface area contributed by atoms with Gasteiger partial charge in [-0.3, -0.25) is 0 Å². The molecule has 0 spiro atoms. The van der Waals surface area contributed by atoms with Gasteiger partial charge in [0.2, 0.25) is 6.79 Å². The Morgan fingerprint density at radius 1 is 1.10 bits per heavy atom. The maximum Gasteiger partial charge on any atom is 0.231 e. The largest absolute Gasteiger partial charge is 0.493 e. The average molecular weight is 448 g/mol. The molecule has 1 fully saturated rings. The lowest BCUT2D eigenvalue weighted by Crippen LogP contribution is -2.42. The van der Waals surface area contributed by atoms with Crippen LogP contribution in [-0.4, -0.2) is 37.9 Å². The molecule has 0 unspecified atom stereocenters. The molecule has 4 nitrogen and oxygen atoms in total. The molecule has 0 amide bonds. The second kappa shape index (κ2) is 11.4. The number of fused-ring (bicyclic) bond motifs is 1. The van der Waals surface area contributed by atoms with E-state index in [4.69, 9.17) is 14.2 Å². The molecule has 0 radical (unpaired) electrons. The number of nitrogens with zero attached hydrogens (tertiary/aromatic N) is 1. The van der Waals surface area contributed by atoms with Crippen molar-refractivity contribution in [3.8, 4) is 17.2 Å². The minimum Gasteiger partial charge on any atom is -0.493 e. The molecule has 2 heterocycles. The molecule has 0 N–H and O–H groups in total. The van der Waals surface area contributed by atoms with E-state index in [1.807, 2.05) is 36.4 Å². The number of rotatable bonds is 9. The highest BCUT2D eigenvalue weighted by Gasteiger charge is 2.31. The monoisotopic (exact) mass is 447 g/mol. The number of likely N-dealkylation sites (tertiary alicyclic amines) is 1. The van der Waals surface area contributed by atoms with Crippen LogP contribution in [0.5, 0.6) is 17.2 Å². The molecule has 0 aromatic heterocycles. The molecule has 2 aromatic carbocycles. The maximum atomic E-state index is 13.4. The van der Waals surface area contributed by atoms with Gasteiger partial charge in [-0.05, 0) is 74.5 Å². The zero-order valence-electron chi connectivity index (χ0n) is 17.8. The van der Waals surface area contributed by atoms with Crippen LogP contribution in [0.25, 0.3) is 0 Å². The zero-order chi connectivity index (χ0) is 20.8. The third-order valence-corrected chi connectivity index (χ3v) is 6.06. The molecule has 1 saturated heterocycles. The van der Waals surface area contributed by atoms with Crippen molar-refractivity contribution >= 4 is 12.4 Å². The predicted molar refractivity (Wildman–Crippen MR) is 123 cm³/mol. The van der Waals surface area contributed by atoms with Gasteiger partial charge in [0.05, 0.1) is 6.61 Å². The van der Waals surface area contributed by atoms with Gasteiger partial charge in [-0.1, -0.05) is 18.2 Å². The summed E-state index contributed by atoms with van der Waals surface area (Å²) in [6, 6.07) is 12.7. The van der Waals surface area contributed by atoms with Crippen molar-refractivity contribution in [3.05, 3.63) is 66.5 Å². The molecule has 2 aromatic rings. The SMILES string of the molecule is C=CCCCCN1CC[C@H](c2ccc(F)cc2)[C@@H](COc2ccc3c(c2)OCO3)C1.Cl. The fourth-order valence-electron chi connectivity index (χ4n) is 4.42. The fraction of sp³-hybridized carbons (Fsp3) is 0.440. The van der Waals surface area contributed by atoms with Crippen LogP contribution in [0.1, 0.15) is 37.2 Å². The van der Waals surface area contributed by atoms with E-state index in [0.717, 1.165) is 49.7 Å². The van der Waals surface area contributed by atoms with E-state index < -0.39 is 0 Å². The first-order valence-electron chi connectivity index (χ1n) is 10.8. The van der Waals surface area contributed by atoms with Crippen molar-refractivity contribution < 1.29 is 18.6 Å². The number of ether oxygens (including phenoxy) is 3. The Hall–Kier alpha value is -2.24. The van der Waals surface area contributed by atoms with E-state index in [-0.39, 0.29) is 25.0 Å².